The lowest BCUT2D eigenvalue weighted by molar-refractivity contribution is -0.129. The van der Waals surface area contributed by atoms with E-state index in [1.165, 1.54) is 0 Å². The van der Waals surface area contributed by atoms with Gasteiger partial charge in [-0.05, 0) is 51.5 Å². The summed E-state index contributed by atoms with van der Waals surface area (Å²) in [6, 6.07) is 7.81. The molecule has 3 heteroatoms. The SMILES string of the molecule is CC(C)N(C(=O)/C=C/c1ccc(Cl)cc1)C(C)C. The van der Waals surface area contributed by atoms with E-state index in [0.29, 0.717) is 5.02 Å². The van der Waals surface area contributed by atoms with Gasteiger partial charge in [0.1, 0.15) is 0 Å². The minimum atomic E-state index is 0.0370. The molecule has 0 aliphatic carbocycles. The summed E-state index contributed by atoms with van der Waals surface area (Å²) >= 11 is 5.81. The Labute approximate surface area is 114 Å². The molecule has 0 N–H and O–H groups in total. The van der Waals surface area contributed by atoms with E-state index in [9.17, 15) is 4.79 Å². The molecule has 0 aromatic heterocycles. The van der Waals surface area contributed by atoms with Crippen molar-refractivity contribution in [3.63, 3.8) is 0 Å². The van der Waals surface area contributed by atoms with Crippen LogP contribution in [0, 0.1) is 0 Å². The van der Waals surface area contributed by atoms with Crippen LogP contribution in [0.15, 0.2) is 30.3 Å². The normalized spacial score (nSPS) is 11.5. The molecule has 2 nitrogen and oxygen atoms in total. The maximum Gasteiger partial charge on any atom is 0.247 e. The Bertz CT molecular complexity index is 413. The number of halogens is 1. The minimum Gasteiger partial charge on any atom is -0.334 e. The Kier molecular flexibility index (Phi) is 5.42. The van der Waals surface area contributed by atoms with E-state index in [4.69, 9.17) is 11.6 Å². The molecule has 1 aromatic rings. The van der Waals surface area contributed by atoms with Crippen LogP contribution in [0.3, 0.4) is 0 Å². The molecule has 0 saturated carbocycles. The topological polar surface area (TPSA) is 20.3 Å². The number of carbonyl (C=O) groups is 1. The zero-order valence-electron chi connectivity index (χ0n) is 11.4. The number of rotatable bonds is 4. The highest BCUT2D eigenvalue weighted by molar-refractivity contribution is 6.30. The van der Waals surface area contributed by atoms with Gasteiger partial charge in [0, 0.05) is 23.2 Å². The first-order valence-corrected chi connectivity index (χ1v) is 6.55. The molecule has 98 valence electrons. The van der Waals surface area contributed by atoms with E-state index in [0.717, 1.165) is 5.56 Å². The fourth-order valence-corrected chi connectivity index (χ4v) is 2.06. The van der Waals surface area contributed by atoms with Crippen molar-refractivity contribution < 1.29 is 4.79 Å². The molecule has 0 fully saturated rings. The first-order chi connectivity index (χ1) is 8.41. The molecule has 0 aliphatic heterocycles. The third-order valence-corrected chi connectivity index (χ3v) is 2.91. The second-order valence-electron chi connectivity index (χ2n) is 4.82. The fourth-order valence-electron chi connectivity index (χ4n) is 1.93. The molecular weight excluding hydrogens is 246 g/mol. The highest BCUT2D eigenvalue weighted by Crippen LogP contribution is 2.12. The van der Waals surface area contributed by atoms with Crippen molar-refractivity contribution in [2.45, 2.75) is 39.8 Å². The molecule has 0 atom stereocenters. The third-order valence-electron chi connectivity index (χ3n) is 2.66. The number of hydrogen-bond donors (Lipinski definition) is 0. The predicted octanol–water partition coefficient (Wildman–Crippen LogP) is 4.00. The average Bonchev–Trinajstić information content (AvgIpc) is 2.27. The van der Waals surface area contributed by atoms with Gasteiger partial charge in [0.2, 0.25) is 5.91 Å². The Morgan fingerprint density at radius 3 is 2.06 bits per heavy atom. The van der Waals surface area contributed by atoms with Gasteiger partial charge in [0.05, 0.1) is 0 Å². The van der Waals surface area contributed by atoms with E-state index in [-0.39, 0.29) is 18.0 Å². The first-order valence-electron chi connectivity index (χ1n) is 6.17. The van der Waals surface area contributed by atoms with Crippen molar-refractivity contribution >= 4 is 23.6 Å². The van der Waals surface area contributed by atoms with Gasteiger partial charge in [-0.1, -0.05) is 23.7 Å². The van der Waals surface area contributed by atoms with Gasteiger partial charge in [0.15, 0.2) is 0 Å². The molecule has 0 saturated heterocycles. The van der Waals surface area contributed by atoms with Gasteiger partial charge in [-0.2, -0.15) is 0 Å². The highest BCUT2D eigenvalue weighted by Gasteiger charge is 2.17. The number of amides is 1. The molecule has 0 aliphatic rings. The molecule has 1 aromatic carbocycles. The molecule has 0 heterocycles. The summed E-state index contributed by atoms with van der Waals surface area (Å²) in [7, 11) is 0. The van der Waals surface area contributed by atoms with Crippen molar-refractivity contribution in [1.29, 1.82) is 0 Å². The summed E-state index contributed by atoms with van der Waals surface area (Å²) in [5, 5.41) is 0.699. The highest BCUT2D eigenvalue weighted by atomic mass is 35.5. The van der Waals surface area contributed by atoms with Crippen LogP contribution in [0.1, 0.15) is 33.3 Å². The van der Waals surface area contributed by atoms with Crippen LogP contribution in [-0.4, -0.2) is 22.9 Å². The summed E-state index contributed by atoms with van der Waals surface area (Å²) in [6.45, 7) is 8.09. The van der Waals surface area contributed by atoms with E-state index in [1.54, 1.807) is 6.08 Å². The molecule has 18 heavy (non-hydrogen) atoms. The molecule has 1 rings (SSSR count). The van der Waals surface area contributed by atoms with Gasteiger partial charge < -0.3 is 4.90 Å². The predicted molar refractivity (Wildman–Crippen MR) is 77.6 cm³/mol. The van der Waals surface area contributed by atoms with E-state index in [1.807, 2.05) is 62.9 Å². The third kappa shape index (κ3) is 4.19. The average molecular weight is 266 g/mol. The van der Waals surface area contributed by atoms with E-state index < -0.39 is 0 Å². The number of hydrogen-bond acceptors (Lipinski definition) is 1. The van der Waals surface area contributed by atoms with Gasteiger partial charge in [-0.25, -0.2) is 0 Å². The van der Waals surface area contributed by atoms with Crippen molar-refractivity contribution in [1.82, 2.24) is 4.90 Å². The lowest BCUT2D eigenvalue weighted by Gasteiger charge is -2.29. The zero-order chi connectivity index (χ0) is 13.7. The summed E-state index contributed by atoms with van der Waals surface area (Å²) in [5.74, 6) is 0.0370. The van der Waals surface area contributed by atoms with Crippen LogP contribution in [0.4, 0.5) is 0 Å². The van der Waals surface area contributed by atoms with Crippen LogP contribution < -0.4 is 0 Å². The van der Waals surface area contributed by atoms with Crippen LogP contribution in [-0.2, 0) is 4.79 Å². The van der Waals surface area contributed by atoms with Crippen LogP contribution >= 0.6 is 11.6 Å². The lowest BCUT2D eigenvalue weighted by Crippen LogP contribution is -2.41. The molecule has 1 amide bonds. The van der Waals surface area contributed by atoms with Gasteiger partial charge in [-0.15, -0.1) is 0 Å². The quantitative estimate of drug-likeness (QED) is 0.754. The standard InChI is InChI=1S/C15H20ClNO/c1-11(2)17(12(3)4)15(18)10-7-13-5-8-14(16)9-6-13/h5-12H,1-4H3/b10-7+. The van der Waals surface area contributed by atoms with Gasteiger partial charge in [0.25, 0.3) is 0 Å². The van der Waals surface area contributed by atoms with Crippen molar-refractivity contribution in [2.75, 3.05) is 0 Å². The summed E-state index contributed by atoms with van der Waals surface area (Å²) in [6.07, 6.45) is 3.43. The Morgan fingerprint density at radius 1 is 1.11 bits per heavy atom. The molecule has 0 unspecified atom stereocenters. The second-order valence-corrected chi connectivity index (χ2v) is 5.25. The zero-order valence-corrected chi connectivity index (χ0v) is 12.1. The van der Waals surface area contributed by atoms with Crippen LogP contribution in [0.25, 0.3) is 6.08 Å². The van der Waals surface area contributed by atoms with Crippen molar-refractivity contribution in [3.8, 4) is 0 Å². The molecule has 0 spiro atoms. The van der Waals surface area contributed by atoms with E-state index >= 15 is 0 Å². The summed E-state index contributed by atoms with van der Waals surface area (Å²) in [5.41, 5.74) is 0.972. The fraction of sp³-hybridized carbons (Fsp3) is 0.400. The number of benzene rings is 1. The summed E-state index contributed by atoms with van der Waals surface area (Å²) < 4.78 is 0. The largest absolute Gasteiger partial charge is 0.334 e. The minimum absolute atomic E-state index is 0.0370. The van der Waals surface area contributed by atoms with E-state index in [2.05, 4.69) is 0 Å². The van der Waals surface area contributed by atoms with Crippen LogP contribution in [0.2, 0.25) is 5.02 Å². The van der Waals surface area contributed by atoms with Gasteiger partial charge in [-0.3, -0.25) is 4.79 Å². The maximum absolute atomic E-state index is 12.1. The summed E-state index contributed by atoms with van der Waals surface area (Å²) in [4.78, 5) is 13.9. The molecule has 0 radical (unpaired) electrons. The van der Waals surface area contributed by atoms with Crippen molar-refractivity contribution in [2.24, 2.45) is 0 Å². The van der Waals surface area contributed by atoms with Gasteiger partial charge >= 0.3 is 0 Å². The van der Waals surface area contributed by atoms with Crippen molar-refractivity contribution in [3.05, 3.63) is 40.9 Å². The van der Waals surface area contributed by atoms with Crippen LogP contribution in [0.5, 0.6) is 0 Å². The second kappa shape index (κ2) is 6.60. The molecule has 0 bridgehead atoms. The monoisotopic (exact) mass is 265 g/mol. The Morgan fingerprint density at radius 2 is 1.61 bits per heavy atom. The Hall–Kier alpha value is -1.28. The number of carbonyl (C=O) groups excluding carboxylic acids is 1. The smallest absolute Gasteiger partial charge is 0.247 e. The molecular formula is C15H20ClNO. The Balaban J connectivity index is 2.77. The maximum atomic E-state index is 12.1. The lowest BCUT2D eigenvalue weighted by atomic mass is 10.2. The first kappa shape index (κ1) is 14.8. The number of nitrogens with zero attached hydrogens (tertiary/aromatic N) is 1.